The number of fused-ring (bicyclic) bond motifs is 1. The van der Waals surface area contributed by atoms with Crippen LogP contribution in [0.4, 0.5) is 5.82 Å². The fourth-order valence-electron chi connectivity index (χ4n) is 2.54. The molecule has 2 heterocycles. The molecule has 1 aliphatic heterocycles. The Kier molecular flexibility index (Phi) is 4.59. The second-order valence-electron chi connectivity index (χ2n) is 5.29. The van der Waals surface area contributed by atoms with Gasteiger partial charge in [0.2, 0.25) is 5.91 Å². The summed E-state index contributed by atoms with van der Waals surface area (Å²) in [6, 6.07) is 7.08. The van der Waals surface area contributed by atoms with E-state index in [1.807, 2.05) is 18.2 Å². The van der Waals surface area contributed by atoms with E-state index in [2.05, 4.69) is 10.3 Å². The zero-order chi connectivity index (χ0) is 16.4. The molecule has 7 heteroatoms. The van der Waals surface area contributed by atoms with E-state index in [9.17, 15) is 4.79 Å². The van der Waals surface area contributed by atoms with Crippen LogP contribution in [0.25, 0.3) is 0 Å². The van der Waals surface area contributed by atoms with Crippen molar-refractivity contribution >= 4 is 34.9 Å². The molecule has 1 aliphatic rings. The third-order valence-electron chi connectivity index (χ3n) is 3.68. The van der Waals surface area contributed by atoms with E-state index < -0.39 is 5.91 Å². The van der Waals surface area contributed by atoms with E-state index in [0.717, 1.165) is 24.2 Å². The minimum absolute atomic E-state index is 0.00538. The Labute approximate surface area is 143 Å². The van der Waals surface area contributed by atoms with Crippen LogP contribution in [0.1, 0.15) is 34.8 Å². The van der Waals surface area contributed by atoms with Gasteiger partial charge in [0, 0.05) is 16.8 Å². The van der Waals surface area contributed by atoms with Crippen molar-refractivity contribution in [1.29, 1.82) is 0 Å². The molecule has 0 aliphatic carbocycles. The molecule has 1 aromatic carbocycles. The summed E-state index contributed by atoms with van der Waals surface area (Å²) in [7, 11) is 0. The third-order valence-corrected chi connectivity index (χ3v) is 4.21. The summed E-state index contributed by atoms with van der Waals surface area (Å²) >= 11 is 12.2. The number of aromatic nitrogens is 1. The van der Waals surface area contributed by atoms with Gasteiger partial charge in [-0.25, -0.2) is 4.98 Å². The van der Waals surface area contributed by atoms with Crippen molar-refractivity contribution < 1.29 is 9.53 Å². The SMILES string of the molecule is NC(=O)c1cnc(NC2CCCOc3cc(Cl)ccc32)c(Cl)c1. The smallest absolute Gasteiger partial charge is 0.250 e. The normalized spacial score (nSPS) is 16.9. The van der Waals surface area contributed by atoms with Gasteiger partial charge in [0.1, 0.15) is 11.6 Å². The number of halogens is 2. The topological polar surface area (TPSA) is 77.2 Å². The molecule has 0 bridgehead atoms. The largest absolute Gasteiger partial charge is 0.493 e. The van der Waals surface area contributed by atoms with E-state index in [1.165, 1.54) is 12.3 Å². The number of carbonyl (C=O) groups excluding carboxylic acids is 1. The molecule has 5 nitrogen and oxygen atoms in total. The molecule has 1 atom stereocenters. The third kappa shape index (κ3) is 3.51. The second kappa shape index (κ2) is 6.64. The molecule has 23 heavy (non-hydrogen) atoms. The van der Waals surface area contributed by atoms with Gasteiger partial charge in [-0.1, -0.05) is 29.3 Å². The van der Waals surface area contributed by atoms with Crippen molar-refractivity contribution in [1.82, 2.24) is 4.98 Å². The Bertz CT molecular complexity index is 752. The van der Waals surface area contributed by atoms with Crippen LogP contribution >= 0.6 is 23.2 Å². The predicted octanol–water partition coefficient (Wildman–Crippen LogP) is 3.81. The van der Waals surface area contributed by atoms with Gasteiger partial charge in [-0.2, -0.15) is 0 Å². The lowest BCUT2D eigenvalue weighted by molar-refractivity contribution is 0.1000. The first-order chi connectivity index (χ1) is 11.0. The van der Waals surface area contributed by atoms with Crippen molar-refractivity contribution in [3.8, 4) is 5.75 Å². The number of primary amides is 1. The number of rotatable bonds is 3. The van der Waals surface area contributed by atoms with E-state index >= 15 is 0 Å². The standard InChI is InChI=1S/C16H15Cl2N3O2/c17-10-3-4-11-13(2-1-5-23-14(11)7-10)21-16-12(18)6-9(8-20-16)15(19)22/h3-4,6-8,13H,1-2,5H2,(H2,19,22)(H,20,21). The highest BCUT2D eigenvalue weighted by molar-refractivity contribution is 6.33. The molecule has 0 radical (unpaired) electrons. The van der Waals surface area contributed by atoms with Crippen LogP contribution in [0.3, 0.4) is 0 Å². The number of nitrogens with one attached hydrogen (secondary N) is 1. The number of nitrogens with two attached hydrogens (primary N) is 1. The highest BCUT2D eigenvalue weighted by atomic mass is 35.5. The van der Waals surface area contributed by atoms with Crippen LogP contribution in [0.15, 0.2) is 30.5 Å². The summed E-state index contributed by atoms with van der Waals surface area (Å²) < 4.78 is 5.74. The van der Waals surface area contributed by atoms with Gasteiger partial charge in [0.05, 0.1) is 23.2 Å². The number of benzene rings is 1. The van der Waals surface area contributed by atoms with Crippen molar-refractivity contribution in [2.45, 2.75) is 18.9 Å². The Morgan fingerprint density at radius 2 is 2.17 bits per heavy atom. The number of pyridine rings is 1. The summed E-state index contributed by atoms with van der Waals surface area (Å²) in [4.78, 5) is 15.4. The lowest BCUT2D eigenvalue weighted by Gasteiger charge is -2.20. The quantitative estimate of drug-likeness (QED) is 0.881. The Balaban J connectivity index is 1.90. The molecule has 120 valence electrons. The molecule has 1 unspecified atom stereocenters. The van der Waals surface area contributed by atoms with E-state index in [0.29, 0.717) is 22.5 Å². The number of anilines is 1. The molecular formula is C16H15Cl2N3O2. The van der Waals surface area contributed by atoms with Crippen LogP contribution in [0.5, 0.6) is 5.75 Å². The fourth-order valence-corrected chi connectivity index (χ4v) is 2.92. The number of ether oxygens (including phenoxy) is 1. The number of hydrogen-bond acceptors (Lipinski definition) is 4. The van der Waals surface area contributed by atoms with Crippen LogP contribution in [-0.4, -0.2) is 17.5 Å². The monoisotopic (exact) mass is 351 g/mol. The highest BCUT2D eigenvalue weighted by Crippen LogP contribution is 2.36. The molecule has 0 saturated heterocycles. The lowest BCUT2D eigenvalue weighted by Crippen LogP contribution is -2.14. The van der Waals surface area contributed by atoms with Gasteiger partial charge < -0.3 is 15.8 Å². The minimum atomic E-state index is -0.561. The van der Waals surface area contributed by atoms with Crippen molar-refractivity contribution in [3.05, 3.63) is 51.6 Å². The number of amides is 1. The van der Waals surface area contributed by atoms with E-state index in [4.69, 9.17) is 33.7 Å². The van der Waals surface area contributed by atoms with Crippen LogP contribution < -0.4 is 15.8 Å². The minimum Gasteiger partial charge on any atom is -0.493 e. The van der Waals surface area contributed by atoms with Crippen molar-refractivity contribution in [2.24, 2.45) is 5.73 Å². The van der Waals surface area contributed by atoms with E-state index in [1.54, 1.807) is 0 Å². The zero-order valence-electron chi connectivity index (χ0n) is 12.2. The number of hydrogen-bond donors (Lipinski definition) is 2. The van der Waals surface area contributed by atoms with Gasteiger partial charge in [-0.15, -0.1) is 0 Å². The summed E-state index contributed by atoms with van der Waals surface area (Å²) in [5.74, 6) is 0.704. The Morgan fingerprint density at radius 1 is 1.35 bits per heavy atom. The predicted molar refractivity (Wildman–Crippen MR) is 90.3 cm³/mol. The Hall–Kier alpha value is -1.98. The maximum Gasteiger partial charge on any atom is 0.250 e. The van der Waals surface area contributed by atoms with Crippen LogP contribution in [-0.2, 0) is 0 Å². The highest BCUT2D eigenvalue weighted by Gasteiger charge is 2.21. The molecule has 0 saturated carbocycles. The molecule has 3 rings (SSSR count). The summed E-state index contributed by atoms with van der Waals surface area (Å²) in [6.07, 6.45) is 3.16. The number of carbonyl (C=O) groups is 1. The molecule has 0 spiro atoms. The first-order valence-corrected chi connectivity index (χ1v) is 7.94. The zero-order valence-corrected chi connectivity index (χ0v) is 13.7. The van der Waals surface area contributed by atoms with Crippen LogP contribution in [0.2, 0.25) is 10.0 Å². The molecular weight excluding hydrogens is 337 g/mol. The van der Waals surface area contributed by atoms with Gasteiger partial charge >= 0.3 is 0 Å². The maximum absolute atomic E-state index is 11.2. The molecule has 0 fully saturated rings. The number of nitrogens with zero attached hydrogens (tertiary/aromatic N) is 1. The molecule has 1 amide bonds. The average molecular weight is 352 g/mol. The first kappa shape index (κ1) is 15.9. The second-order valence-corrected chi connectivity index (χ2v) is 6.13. The molecule has 1 aromatic heterocycles. The Morgan fingerprint density at radius 3 is 2.91 bits per heavy atom. The van der Waals surface area contributed by atoms with Gasteiger partial charge in [-0.05, 0) is 31.0 Å². The first-order valence-electron chi connectivity index (χ1n) is 7.19. The van der Waals surface area contributed by atoms with Gasteiger partial charge in [-0.3, -0.25) is 4.79 Å². The fraction of sp³-hybridized carbons (Fsp3) is 0.250. The van der Waals surface area contributed by atoms with Gasteiger partial charge in [0.25, 0.3) is 0 Å². The summed E-state index contributed by atoms with van der Waals surface area (Å²) in [5, 5.41) is 4.29. The summed E-state index contributed by atoms with van der Waals surface area (Å²) in [5.41, 5.74) is 6.51. The van der Waals surface area contributed by atoms with Crippen molar-refractivity contribution in [3.63, 3.8) is 0 Å². The molecule has 2 aromatic rings. The molecule has 3 N–H and O–H groups in total. The van der Waals surface area contributed by atoms with E-state index in [-0.39, 0.29) is 11.6 Å². The van der Waals surface area contributed by atoms with Gasteiger partial charge in [0.15, 0.2) is 0 Å². The lowest BCUT2D eigenvalue weighted by atomic mass is 10.0. The van der Waals surface area contributed by atoms with Crippen LogP contribution in [0, 0.1) is 0 Å². The summed E-state index contributed by atoms with van der Waals surface area (Å²) in [6.45, 7) is 0.632. The van der Waals surface area contributed by atoms with Crippen molar-refractivity contribution in [2.75, 3.05) is 11.9 Å². The maximum atomic E-state index is 11.2. The average Bonchev–Trinajstić information content (AvgIpc) is 2.71.